The van der Waals surface area contributed by atoms with Gasteiger partial charge in [0.1, 0.15) is 0 Å². The Balaban J connectivity index is 3.70. The van der Waals surface area contributed by atoms with Crippen LogP contribution >= 0.6 is 0 Å². The van der Waals surface area contributed by atoms with Gasteiger partial charge in [0, 0.05) is 6.61 Å². The first kappa shape index (κ1) is 14.2. The van der Waals surface area contributed by atoms with Crippen LogP contribution in [-0.2, 0) is 4.74 Å². The fourth-order valence-electron chi connectivity index (χ4n) is 0.925. The summed E-state index contributed by atoms with van der Waals surface area (Å²) >= 11 is 0. The molecule has 5 heteroatoms. The molecule has 0 radical (unpaired) electrons. The van der Waals surface area contributed by atoms with Gasteiger partial charge in [-0.1, -0.05) is 0 Å². The smallest absolute Gasteiger partial charge is 0.369 e. The van der Waals surface area contributed by atoms with Crippen molar-refractivity contribution in [1.82, 2.24) is 0 Å². The molecule has 2 nitrogen and oxygen atoms in total. The summed E-state index contributed by atoms with van der Waals surface area (Å²) in [5, 5.41) is 8.66. The molecule has 0 saturated heterocycles. The summed E-state index contributed by atoms with van der Waals surface area (Å²) in [5.74, 6) is 0. The molecule has 1 atom stereocenters. The molecular weight excluding hydrogens is 207 g/mol. The minimum absolute atomic E-state index is 0.0335. The van der Waals surface area contributed by atoms with E-state index in [-0.39, 0.29) is 6.61 Å². The van der Waals surface area contributed by atoms with E-state index in [1.54, 1.807) is 13.8 Å². The molecule has 0 amide bonds. The fourth-order valence-corrected chi connectivity index (χ4v) is 0.925. The van der Waals surface area contributed by atoms with Gasteiger partial charge in [-0.25, -0.2) is 0 Å². The minimum Gasteiger partial charge on any atom is -0.369 e. The quantitative estimate of drug-likeness (QED) is 0.670. The second-order valence-corrected chi connectivity index (χ2v) is 4.15. The fraction of sp³-hybridized carbons (Fsp3) is 0.900. The highest BCUT2D eigenvalue weighted by molar-refractivity contribution is 4.91. The molecule has 0 saturated carbocycles. The Morgan fingerprint density at radius 2 is 1.87 bits per heavy atom. The maximum absolute atomic E-state index is 12.0. The lowest BCUT2D eigenvalue weighted by Crippen LogP contribution is -2.29. The Hall–Kier alpha value is -0.760. The number of nitrogens with zero attached hydrogens (tertiary/aromatic N) is 1. The highest BCUT2D eigenvalue weighted by Gasteiger charge is 2.36. The van der Waals surface area contributed by atoms with E-state index in [9.17, 15) is 13.2 Å². The zero-order chi connectivity index (χ0) is 12.1. The van der Waals surface area contributed by atoms with Crippen LogP contribution in [0.2, 0.25) is 0 Å². The van der Waals surface area contributed by atoms with Crippen molar-refractivity contribution in [2.24, 2.45) is 5.41 Å². The molecule has 0 aromatic rings. The van der Waals surface area contributed by atoms with Crippen LogP contribution in [0.3, 0.4) is 0 Å². The van der Waals surface area contributed by atoms with Gasteiger partial charge in [-0.05, 0) is 33.6 Å². The molecule has 0 fully saturated rings. The summed E-state index contributed by atoms with van der Waals surface area (Å²) in [6.07, 6.45) is -5.04. The monoisotopic (exact) mass is 223 g/mol. The molecule has 0 rings (SSSR count). The van der Waals surface area contributed by atoms with Gasteiger partial charge in [-0.3, -0.25) is 0 Å². The summed E-state index contributed by atoms with van der Waals surface area (Å²) in [6.45, 7) is 4.52. The van der Waals surface area contributed by atoms with E-state index < -0.39 is 17.7 Å². The van der Waals surface area contributed by atoms with E-state index in [4.69, 9.17) is 5.26 Å². The molecule has 0 aromatic heterocycles. The Morgan fingerprint density at radius 1 is 1.33 bits per heavy atom. The highest BCUT2D eigenvalue weighted by atomic mass is 19.4. The third-order valence-corrected chi connectivity index (χ3v) is 2.08. The molecule has 0 heterocycles. The van der Waals surface area contributed by atoms with Crippen molar-refractivity contribution in [3.05, 3.63) is 0 Å². The molecular formula is C10H16F3NO. The van der Waals surface area contributed by atoms with Gasteiger partial charge in [0.05, 0.1) is 11.5 Å². The third kappa shape index (κ3) is 6.34. The number of halogens is 3. The van der Waals surface area contributed by atoms with Gasteiger partial charge in [-0.15, -0.1) is 0 Å². The van der Waals surface area contributed by atoms with Crippen LogP contribution < -0.4 is 0 Å². The van der Waals surface area contributed by atoms with Crippen LogP contribution in [0.5, 0.6) is 0 Å². The second kappa shape index (κ2) is 5.36. The molecule has 15 heavy (non-hydrogen) atoms. The van der Waals surface area contributed by atoms with Gasteiger partial charge >= 0.3 is 6.18 Å². The highest BCUT2D eigenvalue weighted by Crippen LogP contribution is 2.24. The predicted octanol–water partition coefficient (Wildman–Crippen LogP) is 3.28. The van der Waals surface area contributed by atoms with E-state index in [1.165, 1.54) is 0 Å². The number of alkyl halides is 3. The Kier molecular flexibility index (Phi) is 5.09. The summed E-state index contributed by atoms with van der Waals surface area (Å²) in [6, 6.07) is 2.08. The average Bonchev–Trinajstić information content (AvgIpc) is 2.10. The molecule has 88 valence electrons. The molecule has 0 aliphatic heterocycles. The number of nitriles is 1. The lowest BCUT2D eigenvalue weighted by atomic mass is 9.90. The SMILES string of the molecule is CC(OCCCC(C)(C)C#N)C(F)(F)F. The van der Waals surface area contributed by atoms with Crippen LogP contribution in [0.25, 0.3) is 0 Å². The van der Waals surface area contributed by atoms with E-state index in [2.05, 4.69) is 10.8 Å². The summed E-state index contributed by atoms with van der Waals surface area (Å²) < 4.78 is 40.6. The van der Waals surface area contributed by atoms with Gasteiger partial charge < -0.3 is 4.74 Å². The van der Waals surface area contributed by atoms with Crippen LogP contribution in [0.4, 0.5) is 13.2 Å². The molecule has 0 bridgehead atoms. The second-order valence-electron chi connectivity index (χ2n) is 4.15. The van der Waals surface area contributed by atoms with Crippen molar-refractivity contribution < 1.29 is 17.9 Å². The molecule has 0 N–H and O–H groups in total. The van der Waals surface area contributed by atoms with Gasteiger partial charge in [-0.2, -0.15) is 18.4 Å². The van der Waals surface area contributed by atoms with E-state index in [0.29, 0.717) is 12.8 Å². The number of rotatable bonds is 5. The average molecular weight is 223 g/mol. The summed E-state index contributed by atoms with van der Waals surface area (Å²) in [4.78, 5) is 0. The molecule has 0 aliphatic rings. The number of hydrogen-bond donors (Lipinski definition) is 0. The van der Waals surface area contributed by atoms with E-state index >= 15 is 0 Å². The lowest BCUT2D eigenvalue weighted by Gasteiger charge is -2.18. The lowest BCUT2D eigenvalue weighted by molar-refractivity contribution is -0.214. The largest absolute Gasteiger partial charge is 0.414 e. The first-order valence-corrected chi connectivity index (χ1v) is 4.78. The third-order valence-electron chi connectivity index (χ3n) is 2.08. The zero-order valence-corrected chi connectivity index (χ0v) is 9.19. The molecule has 1 unspecified atom stereocenters. The molecule has 0 aliphatic carbocycles. The standard InChI is InChI=1S/C10H16F3NO/c1-8(10(11,12)13)15-6-4-5-9(2,3)7-14/h8H,4-6H2,1-3H3. The van der Waals surface area contributed by atoms with Crippen molar-refractivity contribution >= 4 is 0 Å². The van der Waals surface area contributed by atoms with Crippen LogP contribution in [-0.4, -0.2) is 18.9 Å². The van der Waals surface area contributed by atoms with Crippen molar-refractivity contribution in [3.63, 3.8) is 0 Å². The number of ether oxygens (including phenoxy) is 1. The van der Waals surface area contributed by atoms with Gasteiger partial charge in [0.2, 0.25) is 0 Å². The van der Waals surface area contributed by atoms with Crippen molar-refractivity contribution in [1.29, 1.82) is 5.26 Å². The Labute approximate surface area is 88.0 Å². The molecule has 0 aromatic carbocycles. The maximum atomic E-state index is 12.0. The summed E-state index contributed by atoms with van der Waals surface area (Å²) in [5.41, 5.74) is -0.495. The van der Waals surface area contributed by atoms with Crippen molar-refractivity contribution in [2.45, 2.75) is 45.9 Å². The van der Waals surface area contributed by atoms with Crippen molar-refractivity contribution in [3.8, 4) is 6.07 Å². The Morgan fingerprint density at radius 3 is 2.27 bits per heavy atom. The Bertz CT molecular complexity index is 230. The number of hydrogen-bond acceptors (Lipinski definition) is 2. The predicted molar refractivity (Wildman–Crippen MR) is 50.1 cm³/mol. The first-order valence-electron chi connectivity index (χ1n) is 4.78. The van der Waals surface area contributed by atoms with Crippen LogP contribution in [0.1, 0.15) is 33.6 Å². The van der Waals surface area contributed by atoms with E-state index in [0.717, 1.165) is 6.92 Å². The van der Waals surface area contributed by atoms with Crippen molar-refractivity contribution in [2.75, 3.05) is 6.61 Å². The molecule has 0 spiro atoms. The zero-order valence-electron chi connectivity index (χ0n) is 9.19. The van der Waals surface area contributed by atoms with Crippen LogP contribution in [0, 0.1) is 16.7 Å². The van der Waals surface area contributed by atoms with Gasteiger partial charge in [0.15, 0.2) is 6.10 Å². The minimum atomic E-state index is -4.30. The maximum Gasteiger partial charge on any atom is 0.414 e. The first-order chi connectivity index (χ1) is 6.69. The van der Waals surface area contributed by atoms with Gasteiger partial charge in [0.25, 0.3) is 0 Å². The van der Waals surface area contributed by atoms with E-state index in [1.807, 2.05) is 0 Å². The normalized spacial score (nSPS) is 14.7. The van der Waals surface area contributed by atoms with Crippen LogP contribution in [0.15, 0.2) is 0 Å². The topological polar surface area (TPSA) is 33.0 Å². The summed E-state index contributed by atoms with van der Waals surface area (Å²) in [7, 11) is 0.